The molecule has 3 N–H and O–H groups in total. The Labute approximate surface area is 179 Å². The van der Waals surface area contributed by atoms with Gasteiger partial charge in [-0.3, -0.25) is 14.8 Å². The number of ether oxygens (including phenoxy) is 2. The lowest BCUT2D eigenvalue weighted by atomic mass is 9.98. The van der Waals surface area contributed by atoms with Crippen LogP contribution in [0.4, 0.5) is 11.6 Å². The van der Waals surface area contributed by atoms with Crippen molar-refractivity contribution in [1.29, 1.82) is 0 Å². The number of H-pyrrole nitrogens is 1. The Morgan fingerprint density at radius 1 is 1.16 bits per heavy atom. The van der Waals surface area contributed by atoms with Gasteiger partial charge in [0.15, 0.2) is 17.5 Å². The minimum atomic E-state index is -0.201. The number of rotatable bonds is 4. The topological polar surface area (TPSA) is 104 Å². The molecule has 31 heavy (non-hydrogen) atoms. The smallest absolute Gasteiger partial charge is 0.260 e. The van der Waals surface area contributed by atoms with Gasteiger partial charge >= 0.3 is 0 Å². The molecule has 0 atom stereocenters. The van der Waals surface area contributed by atoms with E-state index in [0.717, 1.165) is 37.7 Å². The highest BCUT2D eigenvalue weighted by Gasteiger charge is 2.22. The summed E-state index contributed by atoms with van der Waals surface area (Å²) in [5.41, 5.74) is 3.91. The maximum atomic E-state index is 12.8. The zero-order valence-electron chi connectivity index (χ0n) is 17.5. The highest BCUT2D eigenvalue weighted by atomic mass is 16.5. The molecule has 2 aromatic carbocycles. The molecule has 9 heteroatoms. The van der Waals surface area contributed by atoms with Gasteiger partial charge in [-0.15, -0.1) is 0 Å². The molecule has 0 saturated carbocycles. The van der Waals surface area contributed by atoms with E-state index in [2.05, 4.69) is 37.6 Å². The molecule has 3 heterocycles. The van der Waals surface area contributed by atoms with Crippen molar-refractivity contribution in [3.8, 4) is 11.5 Å². The fourth-order valence-electron chi connectivity index (χ4n) is 4.12. The number of anilines is 2. The van der Waals surface area contributed by atoms with E-state index in [9.17, 15) is 4.79 Å². The number of methoxy groups -OCH3 is 2. The summed E-state index contributed by atoms with van der Waals surface area (Å²) in [5.74, 6) is 2.42. The number of hydrogen-bond donors (Lipinski definition) is 3. The van der Waals surface area contributed by atoms with Crippen LogP contribution in [0.1, 0.15) is 11.1 Å². The standard InChI is InChI=1S/C22H24N6O3/c1-30-18-10-15-17(11-19(18)31-2)26-22(27-20(15)29)28-9-6-14-13(12-28)4-3-5-16(14)25-21-23-7-8-24-21/h3-5,10-11H,6-9,12H2,1-2H3,(H2,23,24,25)(H,26,27,29). The lowest BCUT2D eigenvalue weighted by molar-refractivity contribution is 0.355. The number of guanidine groups is 1. The minimum absolute atomic E-state index is 0.201. The fraction of sp³-hybridized carbons (Fsp3) is 0.318. The number of nitrogens with one attached hydrogen (secondary N) is 3. The van der Waals surface area contributed by atoms with Crippen LogP contribution in [0.25, 0.3) is 10.9 Å². The summed E-state index contributed by atoms with van der Waals surface area (Å²) in [7, 11) is 3.11. The van der Waals surface area contributed by atoms with Gasteiger partial charge in [0.25, 0.3) is 5.56 Å². The van der Waals surface area contributed by atoms with Crippen LogP contribution in [0.3, 0.4) is 0 Å². The molecular weight excluding hydrogens is 396 g/mol. The number of aromatic nitrogens is 2. The summed E-state index contributed by atoms with van der Waals surface area (Å²) >= 11 is 0. The fourth-order valence-corrected chi connectivity index (χ4v) is 4.12. The number of fused-ring (bicyclic) bond motifs is 2. The van der Waals surface area contributed by atoms with E-state index < -0.39 is 0 Å². The van der Waals surface area contributed by atoms with Crippen molar-refractivity contribution in [3.63, 3.8) is 0 Å². The molecule has 0 fully saturated rings. The second kappa shape index (κ2) is 7.82. The van der Waals surface area contributed by atoms with Crippen LogP contribution >= 0.6 is 0 Å². The van der Waals surface area contributed by atoms with Gasteiger partial charge in [0.2, 0.25) is 5.95 Å². The van der Waals surface area contributed by atoms with Gasteiger partial charge in [-0.2, -0.15) is 0 Å². The first-order valence-electron chi connectivity index (χ1n) is 10.2. The maximum Gasteiger partial charge on any atom is 0.260 e. The van der Waals surface area contributed by atoms with E-state index in [1.54, 1.807) is 26.4 Å². The van der Waals surface area contributed by atoms with Crippen molar-refractivity contribution in [2.24, 2.45) is 4.99 Å². The molecule has 1 aromatic heterocycles. The Kier molecular flexibility index (Phi) is 4.85. The summed E-state index contributed by atoms with van der Waals surface area (Å²) < 4.78 is 10.7. The van der Waals surface area contributed by atoms with Crippen LogP contribution in [0.2, 0.25) is 0 Å². The van der Waals surface area contributed by atoms with E-state index >= 15 is 0 Å². The van der Waals surface area contributed by atoms with Crippen LogP contribution in [0, 0.1) is 0 Å². The first-order chi connectivity index (χ1) is 15.2. The average molecular weight is 420 g/mol. The summed E-state index contributed by atoms with van der Waals surface area (Å²) in [6, 6.07) is 9.62. The van der Waals surface area contributed by atoms with Crippen molar-refractivity contribution in [2.45, 2.75) is 13.0 Å². The molecule has 0 saturated heterocycles. The quantitative estimate of drug-likeness (QED) is 0.592. The van der Waals surface area contributed by atoms with Gasteiger partial charge in [0.05, 0.1) is 31.7 Å². The molecule has 2 aliphatic heterocycles. The molecule has 3 aromatic rings. The van der Waals surface area contributed by atoms with Crippen LogP contribution in [0.15, 0.2) is 40.1 Å². The first-order valence-corrected chi connectivity index (χ1v) is 10.2. The molecular formula is C22H24N6O3. The molecule has 160 valence electrons. The largest absolute Gasteiger partial charge is 0.493 e. The van der Waals surface area contributed by atoms with Crippen LogP contribution in [-0.2, 0) is 13.0 Å². The molecule has 0 unspecified atom stereocenters. The molecule has 0 amide bonds. The number of nitrogens with zero attached hydrogens (tertiary/aromatic N) is 3. The Morgan fingerprint density at radius 3 is 2.77 bits per heavy atom. The van der Waals surface area contributed by atoms with E-state index in [1.807, 2.05) is 6.07 Å². The number of hydrogen-bond acceptors (Lipinski definition) is 8. The van der Waals surface area contributed by atoms with Crippen molar-refractivity contribution in [1.82, 2.24) is 15.3 Å². The molecule has 0 radical (unpaired) electrons. The van der Waals surface area contributed by atoms with Crippen LogP contribution < -0.4 is 30.6 Å². The third-order valence-electron chi connectivity index (χ3n) is 5.69. The normalized spacial score (nSPS) is 15.3. The molecule has 0 aliphatic carbocycles. The SMILES string of the molecule is COc1cc2nc(N3CCc4c(cccc4NC4=NCCN4)C3)[nH]c(=O)c2cc1OC. The van der Waals surface area contributed by atoms with Crippen molar-refractivity contribution in [3.05, 3.63) is 51.8 Å². The van der Waals surface area contributed by atoms with E-state index in [0.29, 0.717) is 34.9 Å². The molecule has 9 nitrogen and oxygen atoms in total. The molecule has 0 spiro atoms. The molecule has 2 aliphatic rings. The van der Waals surface area contributed by atoms with Gasteiger partial charge in [-0.05, 0) is 29.7 Å². The average Bonchev–Trinajstić information content (AvgIpc) is 3.31. The minimum Gasteiger partial charge on any atom is -0.493 e. The second-order valence-electron chi connectivity index (χ2n) is 7.51. The lowest BCUT2D eigenvalue weighted by Gasteiger charge is -2.30. The van der Waals surface area contributed by atoms with Gasteiger partial charge in [-0.25, -0.2) is 4.98 Å². The van der Waals surface area contributed by atoms with Gasteiger partial charge in [0, 0.05) is 31.4 Å². The third-order valence-corrected chi connectivity index (χ3v) is 5.69. The Balaban J connectivity index is 1.46. The maximum absolute atomic E-state index is 12.8. The highest BCUT2D eigenvalue weighted by Crippen LogP contribution is 2.32. The molecule has 5 rings (SSSR count). The molecule has 0 bridgehead atoms. The third kappa shape index (κ3) is 3.52. The summed E-state index contributed by atoms with van der Waals surface area (Å²) in [6.07, 6.45) is 0.833. The number of aromatic amines is 1. The van der Waals surface area contributed by atoms with Crippen molar-refractivity contribution < 1.29 is 9.47 Å². The van der Waals surface area contributed by atoms with Crippen LogP contribution in [-0.4, -0.2) is 49.8 Å². The Bertz CT molecular complexity index is 1240. The van der Waals surface area contributed by atoms with E-state index in [4.69, 9.17) is 14.5 Å². The summed E-state index contributed by atoms with van der Waals surface area (Å²) in [5, 5.41) is 7.12. The summed E-state index contributed by atoms with van der Waals surface area (Å²) in [6.45, 7) is 3.06. The van der Waals surface area contributed by atoms with Crippen molar-refractivity contribution >= 4 is 28.5 Å². The highest BCUT2D eigenvalue weighted by molar-refractivity contribution is 5.95. The zero-order chi connectivity index (χ0) is 21.4. The number of aliphatic imine (C=N–C) groups is 1. The van der Waals surface area contributed by atoms with Gasteiger partial charge in [0.1, 0.15) is 0 Å². The van der Waals surface area contributed by atoms with E-state index in [-0.39, 0.29) is 5.56 Å². The van der Waals surface area contributed by atoms with E-state index in [1.165, 1.54) is 11.1 Å². The monoisotopic (exact) mass is 420 g/mol. The predicted octanol–water partition coefficient (Wildman–Crippen LogP) is 1.87. The van der Waals surface area contributed by atoms with Gasteiger partial charge in [-0.1, -0.05) is 12.1 Å². The predicted molar refractivity (Wildman–Crippen MR) is 121 cm³/mol. The van der Waals surface area contributed by atoms with Crippen molar-refractivity contribution in [2.75, 3.05) is 44.1 Å². The first kappa shape index (κ1) is 19.2. The number of benzene rings is 2. The second-order valence-corrected chi connectivity index (χ2v) is 7.51. The summed E-state index contributed by atoms with van der Waals surface area (Å²) in [4.78, 5) is 26.9. The van der Waals surface area contributed by atoms with Gasteiger partial charge < -0.3 is 25.0 Å². The Hall–Kier alpha value is -3.75. The van der Waals surface area contributed by atoms with Crippen LogP contribution in [0.5, 0.6) is 11.5 Å². The Morgan fingerprint density at radius 2 is 2.00 bits per heavy atom. The zero-order valence-corrected chi connectivity index (χ0v) is 17.5. The lowest BCUT2D eigenvalue weighted by Crippen LogP contribution is -2.34.